The zero-order valence-electron chi connectivity index (χ0n) is 17.8. The Bertz CT molecular complexity index is 1210. The van der Waals surface area contributed by atoms with Gasteiger partial charge < -0.3 is 14.2 Å². The Hall–Kier alpha value is -4.59. The van der Waals surface area contributed by atoms with Gasteiger partial charge in [-0.05, 0) is 47.5 Å². The topological polar surface area (TPSA) is 92.9 Å². The number of benzene rings is 3. The van der Waals surface area contributed by atoms with Crippen molar-refractivity contribution in [3.63, 3.8) is 0 Å². The Kier molecular flexibility index (Phi) is 8.61. The minimum atomic E-state index is -3.21. The quantitative estimate of drug-likeness (QED) is 0.248. The summed E-state index contributed by atoms with van der Waals surface area (Å²) < 4.78 is 63.7. The van der Waals surface area contributed by atoms with Gasteiger partial charge in [-0.3, -0.25) is 4.79 Å². The molecule has 1 amide bonds. The highest BCUT2D eigenvalue weighted by atomic mass is 19.3. The molecule has 0 fully saturated rings. The lowest BCUT2D eigenvalue weighted by molar-refractivity contribution is -0.123. The van der Waals surface area contributed by atoms with Gasteiger partial charge in [-0.1, -0.05) is 24.3 Å². The number of amides is 1. The second kappa shape index (κ2) is 12.0. The first-order valence-corrected chi connectivity index (χ1v) is 9.93. The molecule has 0 heterocycles. The monoisotopic (exact) mass is 487 g/mol. The number of carbonyl (C=O) groups excluding carboxylic acids is 1. The third-order valence-electron chi connectivity index (χ3n) is 4.39. The molecule has 3 rings (SSSR count). The molecule has 35 heavy (non-hydrogen) atoms. The minimum Gasteiger partial charge on any atom is -0.484 e. The molecular formula is C24H17F4N3O4. The Morgan fingerprint density at radius 2 is 1.51 bits per heavy atom. The van der Waals surface area contributed by atoms with E-state index in [-0.39, 0.29) is 17.9 Å². The number of rotatable bonds is 10. The number of halogens is 4. The lowest BCUT2D eigenvalue weighted by Crippen LogP contribution is -2.24. The molecule has 0 saturated carbocycles. The van der Waals surface area contributed by atoms with Gasteiger partial charge in [0.2, 0.25) is 0 Å². The summed E-state index contributed by atoms with van der Waals surface area (Å²) in [6.07, 6.45) is 1.01. The van der Waals surface area contributed by atoms with Crippen LogP contribution in [0.25, 0.3) is 11.1 Å². The van der Waals surface area contributed by atoms with Gasteiger partial charge in [0.25, 0.3) is 5.91 Å². The van der Waals surface area contributed by atoms with Crippen molar-refractivity contribution in [1.82, 2.24) is 5.43 Å². The van der Waals surface area contributed by atoms with E-state index in [9.17, 15) is 22.4 Å². The van der Waals surface area contributed by atoms with Crippen LogP contribution in [0.3, 0.4) is 0 Å². The van der Waals surface area contributed by atoms with Crippen molar-refractivity contribution < 1.29 is 36.6 Å². The molecule has 0 saturated heterocycles. The molecule has 0 aliphatic rings. The normalized spacial score (nSPS) is 10.9. The maximum atomic E-state index is 12.6. The molecule has 3 aromatic carbocycles. The number of carbonyl (C=O) groups is 1. The zero-order chi connectivity index (χ0) is 25.2. The van der Waals surface area contributed by atoms with Crippen LogP contribution in [-0.4, -0.2) is 32.0 Å². The van der Waals surface area contributed by atoms with E-state index in [1.165, 1.54) is 0 Å². The van der Waals surface area contributed by atoms with Crippen molar-refractivity contribution >= 4 is 12.1 Å². The van der Waals surface area contributed by atoms with E-state index in [1.54, 1.807) is 36.4 Å². The number of hydrogen-bond donors (Lipinski definition) is 1. The molecule has 0 aromatic heterocycles. The van der Waals surface area contributed by atoms with Crippen LogP contribution in [-0.2, 0) is 4.79 Å². The van der Waals surface area contributed by atoms with Gasteiger partial charge in [0.05, 0.1) is 17.8 Å². The Labute approximate surface area is 197 Å². The van der Waals surface area contributed by atoms with E-state index >= 15 is 0 Å². The Balaban J connectivity index is 1.54. The average molecular weight is 487 g/mol. The number of ether oxygens (including phenoxy) is 3. The number of nitrogens with zero attached hydrogens (tertiary/aromatic N) is 2. The van der Waals surface area contributed by atoms with Gasteiger partial charge in [-0.15, -0.1) is 0 Å². The van der Waals surface area contributed by atoms with E-state index in [1.807, 2.05) is 12.1 Å². The molecule has 3 aromatic rings. The van der Waals surface area contributed by atoms with Gasteiger partial charge in [0, 0.05) is 11.6 Å². The molecule has 0 spiro atoms. The highest BCUT2D eigenvalue weighted by molar-refractivity contribution is 5.85. The fourth-order valence-corrected chi connectivity index (χ4v) is 2.83. The molecule has 180 valence electrons. The highest BCUT2D eigenvalue weighted by Gasteiger charge is 2.13. The predicted octanol–water partition coefficient (Wildman–Crippen LogP) is 4.96. The first kappa shape index (κ1) is 25.0. The van der Waals surface area contributed by atoms with E-state index in [0.29, 0.717) is 11.3 Å². The van der Waals surface area contributed by atoms with Crippen LogP contribution in [0.15, 0.2) is 71.8 Å². The van der Waals surface area contributed by atoms with Gasteiger partial charge >= 0.3 is 13.2 Å². The largest absolute Gasteiger partial charge is 0.484 e. The molecule has 1 N–H and O–H groups in total. The molecule has 0 aliphatic heterocycles. The van der Waals surface area contributed by atoms with Gasteiger partial charge in [0.1, 0.15) is 17.2 Å². The van der Waals surface area contributed by atoms with Crippen LogP contribution >= 0.6 is 0 Å². The second-order valence-electron chi connectivity index (χ2n) is 6.75. The number of alkyl halides is 4. The fourth-order valence-electron chi connectivity index (χ4n) is 2.83. The zero-order valence-corrected chi connectivity index (χ0v) is 17.8. The standard InChI is InChI=1S/C24H17F4N3O4/c25-23(26)34-20-10-7-18(21(11-20)35-24(27)28)13-30-31-22(32)14-33-19-8-5-17(6-9-19)16-3-1-15(12-29)2-4-16/h1-11,13,23-24H,14H2,(H,31,32)/b30-13+. The molecule has 0 radical (unpaired) electrons. The number of hydrogen-bond acceptors (Lipinski definition) is 6. The van der Waals surface area contributed by atoms with E-state index in [4.69, 9.17) is 10.00 Å². The molecule has 0 unspecified atom stereocenters. The summed E-state index contributed by atoms with van der Waals surface area (Å²) in [5, 5.41) is 12.5. The first-order chi connectivity index (χ1) is 16.8. The summed E-state index contributed by atoms with van der Waals surface area (Å²) in [6, 6.07) is 19.1. The van der Waals surface area contributed by atoms with Crippen molar-refractivity contribution in [1.29, 1.82) is 5.26 Å². The summed E-state index contributed by atoms with van der Waals surface area (Å²) in [5.41, 5.74) is 4.51. The van der Waals surface area contributed by atoms with Crippen molar-refractivity contribution in [2.75, 3.05) is 6.61 Å². The molecule has 11 heteroatoms. The summed E-state index contributed by atoms with van der Waals surface area (Å²) in [4.78, 5) is 12.0. The van der Waals surface area contributed by atoms with Crippen LogP contribution in [0.5, 0.6) is 17.2 Å². The number of hydrazone groups is 1. The number of nitriles is 1. The summed E-state index contributed by atoms with van der Waals surface area (Å²) >= 11 is 0. The Morgan fingerprint density at radius 1 is 0.914 bits per heavy atom. The average Bonchev–Trinajstić information content (AvgIpc) is 2.84. The van der Waals surface area contributed by atoms with Gasteiger partial charge in [-0.25, -0.2) is 5.43 Å². The summed E-state index contributed by atoms with van der Waals surface area (Å²) in [6.45, 7) is -6.73. The highest BCUT2D eigenvalue weighted by Crippen LogP contribution is 2.26. The molecule has 0 bridgehead atoms. The molecule has 0 atom stereocenters. The minimum absolute atomic E-state index is 0.00785. The Morgan fingerprint density at radius 3 is 2.11 bits per heavy atom. The lowest BCUT2D eigenvalue weighted by Gasteiger charge is -2.11. The third kappa shape index (κ3) is 7.75. The van der Waals surface area contributed by atoms with E-state index in [0.717, 1.165) is 35.5 Å². The van der Waals surface area contributed by atoms with Crippen molar-refractivity contribution in [3.8, 4) is 34.4 Å². The van der Waals surface area contributed by atoms with Crippen molar-refractivity contribution in [2.24, 2.45) is 5.10 Å². The molecular weight excluding hydrogens is 470 g/mol. The van der Waals surface area contributed by atoms with Crippen LogP contribution < -0.4 is 19.6 Å². The molecule has 0 aliphatic carbocycles. The van der Waals surface area contributed by atoms with Crippen molar-refractivity contribution in [2.45, 2.75) is 13.2 Å². The van der Waals surface area contributed by atoms with E-state index in [2.05, 4.69) is 26.1 Å². The van der Waals surface area contributed by atoms with Gasteiger partial charge in [-0.2, -0.15) is 27.9 Å². The smallest absolute Gasteiger partial charge is 0.387 e. The maximum absolute atomic E-state index is 12.6. The van der Waals surface area contributed by atoms with Crippen LogP contribution in [0.4, 0.5) is 17.6 Å². The van der Waals surface area contributed by atoms with Crippen LogP contribution in [0.1, 0.15) is 11.1 Å². The lowest BCUT2D eigenvalue weighted by atomic mass is 10.0. The summed E-state index contributed by atoms with van der Waals surface area (Å²) in [7, 11) is 0. The van der Waals surface area contributed by atoms with Gasteiger partial charge in [0.15, 0.2) is 6.61 Å². The number of nitrogens with one attached hydrogen (secondary N) is 1. The predicted molar refractivity (Wildman–Crippen MR) is 118 cm³/mol. The SMILES string of the molecule is N#Cc1ccc(-c2ccc(OCC(=O)N/N=C/c3ccc(OC(F)F)cc3OC(F)F)cc2)cc1. The van der Waals surface area contributed by atoms with Crippen LogP contribution in [0.2, 0.25) is 0 Å². The third-order valence-corrected chi connectivity index (χ3v) is 4.39. The maximum Gasteiger partial charge on any atom is 0.387 e. The summed E-state index contributed by atoms with van der Waals surface area (Å²) in [5.74, 6) is -1.06. The van der Waals surface area contributed by atoms with E-state index < -0.39 is 24.9 Å². The second-order valence-corrected chi connectivity index (χ2v) is 6.75. The first-order valence-electron chi connectivity index (χ1n) is 9.93. The fraction of sp³-hybridized carbons (Fsp3) is 0.125. The van der Waals surface area contributed by atoms with Crippen molar-refractivity contribution in [3.05, 3.63) is 77.9 Å². The molecule has 7 nitrogen and oxygen atoms in total. The van der Waals surface area contributed by atoms with Crippen LogP contribution in [0, 0.1) is 11.3 Å².